The summed E-state index contributed by atoms with van der Waals surface area (Å²) in [5, 5.41) is 6.13. The zero-order valence-corrected chi connectivity index (χ0v) is 11.0. The van der Waals surface area contributed by atoms with Crippen LogP contribution in [0.1, 0.15) is 45.4 Å². The highest BCUT2D eigenvalue weighted by Crippen LogP contribution is 2.25. The highest BCUT2D eigenvalue weighted by atomic mass is 16.1. The number of hydrogen-bond acceptors (Lipinski definition) is 2. The van der Waals surface area contributed by atoms with Crippen LogP contribution < -0.4 is 10.6 Å². The van der Waals surface area contributed by atoms with Gasteiger partial charge in [-0.15, -0.1) is 6.58 Å². The fourth-order valence-corrected chi connectivity index (χ4v) is 2.52. The molecule has 0 bridgehead atoms. The Bertz CT molecular complexity index is 232. The molecular weight excluding hydrogens is 212 g/mol. The molecule has 0 aromatic rings. The van der Waals surface area contributed by atoms with E-state index in [0.717, 1.165) is 0 Å². The number of carbonyl (C=O) groups excluding carboxylic acids is 1. The van der Waals surface area contributed by atoms with Crippen molar-refractivity contribution in [2.75, 3.05) is 13.1 Å². The van der Waals surface area contributed by atoms with E-state index in [9.17, 15) is 4.79 Å². The summed E-state index contributed by atoms with van der Waals surface area (Å²) < 4.78 is 0. The van der Waals surface area contributed by atoms with Gasteiger partial charge in [0.15, 0.2) is 0 Å². The summed E-state index contributed by atoms with van der Waals surface area (Å²) in [5.41, 5.74) is 0. The van der Waals surface area contributed by atoms with Gasteiger partial charge in [0.05, 0.1) is 6.54 Å². The molecule has 0 unspecified atom stereocenters. The van der Waals surface area contributed by atoms with Gasteiger partial charge in [-0.05, 0) is 25.7 Å². The van der Waals surface area contributed by atoms with Crippen LogP contribution in [0.3, 0.4) is 0 Å². The number of hydrogen-bond donors (Lipinski definition) is 2. The predicted octanol–water partition coefficient (Wildman–Crippen LogP) is 2.24. The van der Waals surface area contributed by atoms with Gasteiger partial charge in [-0.1, -0.05) is 31.8 Å². The maximum absolute atomic E-state index is 11.6. The lowest BCUT2D eigenvalue weighted by atomic mass is 9.93. The summed E-state index contributed by atoms with van der Waals surface area (Å²) in [7, 11) is 0. The van der Waals surface area contributed by atoms with Crippen molar-refractivity contribution in [3.05, 3.63) is 12.7 Å². The van der Waals surface area contributed by atoms with Crippen molar-refractivity contribution in [2.45, 2.75) is 51.5 Å². The molecule has 1 amide bonds. The molecule has 1 aliphatic rings. The SMILES string of the molecule is C=CCNCC(=O)N[C@@H](C)C1CCCCCC1. The fraction of sp³-hybridized carbons (Fsp3) is 0.786. The smallest absolute Gasteiger partial charge is 0.234 e. The Morgan fingerprint density at radius 1 is 1.35 bits per heavy atom. The largest absolute Gasteiger partial charge is 0.352 e. The monoisotopic (exact) mass is 238 g/mol. The van der Waals surface area contributed by atoms with E-state index in [1.165, 1.54) is 38.5 Å². The normalized spacial score (nSPS) is 19.4. The second kappa shape index (κ2) is 8.29. The molecule has 1 rings (SSSR count). The van der Waals surface area contributed by atoms with Crippen LogP contribution in [0.5, 0.6) is 0 Å². The molecule has 0 spiro atoms. The number of amides is 1. The van der Waals surface area contributed by atoms with Crippen molar-refractivity contribution in [1.82, 2.24) is 10.6 Å². The first-order valence-electron chi connectivity index (χ1n) is 6.85. The van der Waals surface area contributed by atoms with Gasteiger partial charge in [-0.3, -0.25) is 4.79 Å². The van der Waals surface area contributed by atoms with Gasteiger partial charge in [0.1, 0.15) is 0 Å². The topological polar surface area (TPSA) is 41.1 Å². The summed E-state index contributed by atoms with van der Waals surface area (Å²) in [6.45, 7) is 6.83. The molecule has 98 valence electrons. The van der Waals surface area contributed by atoms with Gasteiger partial charge in [0.25, 0.3) is 0 Å². The zero-order chi connectivity index (χ0) is 12.5. The summed E-state index contributed by atoms with van der Waals surface area (Å²) in [4.78, 5) is 11.6. The Kier molecular flexibility index (Phi) is 6.94. The second-order valence-electron chi connectivity index (χ2n) is 5.03. The van der Waals surface area contributed by atoms with E-state index >= 15 is 0 Å². The van der Waals surface area contributed by atoms with Crippen LogP contribution in [0.4, 0.5) is 0 Å². The standard InChI is InChI=1S/C14H26N2O/c1-3-10-15-11-14(17)16-12(2)13-8-6-4-5-7-9-13/h3,12-13,15H,1,4-11H2,2H3,(H,16,17)/t12-/m0/s1. The van der Waals surface area contributed by atoms with Crippen molar-refractivity contribution in [3.8, 4) is 0 Å². The summed E-state index contributed by atoms with van der Waals surface area (Å²) in [6, 6.07) is 0.311. The average Bonchev–Trinajstić information content (AvgIpc) is 2.57. The molecular formula is C14H26N2O. The lowest BCUT2D eigenvalue weighted by Gasteiger charge is -2.23. The van der Waals surface area contributed by atoms with Gasteiger partial charge < -0.3 is 10.6 Å². The minimum Gasteiger partial charge on any atom is -0.352 e. The summed E-state index contributed by atoms with van der Waals surface area (Å²) >= 11 is 0. The molecule has 1 saturated carbocycles. The van der Waals surface area contributed by atoms with Crippen molar-refractivity contribution < 1.29 is 4.79 Å². The second-order valence-corrected chi connectivity index (χ2v) is 5.03. The first kappa shape index (κ1) is 14.2. The van der Waals surface area contributed by atoms with Crippen LogP contribution in [-0.2, 0) is 4.79 Å². The van der Waals surface area contributed by atoms with Crippen LogP contribution in [0.2, 0.25) is 0 Å². The molecule has 0 aromatic carbocycles. The third kappa shape index (κ3) is 5.87. The van der Waals surface area contributed by atoms with E-state index in [1.807, 2.05) is 0 Å². The maximum atomic E-state index is 11.6. The molecule has 17 heavy (non-hydrogen) atoms. The molecule has 0 aromatic heterocycles. The average molecular weight is 238 g/mol. The van der Waals surface area contributed by atoms with E-state index < -0.39 is 0 Å². The zero-order valence-electron chi connectivity index (χ0n) is 11.0. The van der Waals surface area contributed by atoms with E-state index in [4.69, 9.17) is 0 Å². The Hall–Kier alpha value is -0.830. The first-order chi connectivity index (χ1) is 8.24. The highest BCUT2D eigenvalue weighted by Gasteiger charge is 2.20. The van der Waals surface area contributed by atoms with Crippen molar-refractivity contribution in [3.63, 3.8) is 0 Å². The molecule has 2 N–H and O–H groups in total. The highest BCUT2D eigenvalue weighted by molar-refractivity contribution is 5.78. The van der Waals surface area contributed by atoms with Crippen molar-refractivity contribution in [1.29, 1.82) is 0 Å². The van der Waals surface area contributed by atoms with Gasteiger partial charge >= 0.3 is 0 Å². The van der Waals surface area contributed by atoms with E-state index in [0.29, 0.717) is 25.0 Å². The molecule has 0 heterocycles. The van der Waals surface area contributed by atoms with Crippen LogP contribution in [0.15, 0.2) is 12.7 Å². The minimum atomic E-state index is 0.101. The number of rotatable bonds is 6. The lowest BCUT2D eigenvalue weighted by molar-refractivity contribution is -0.121. The van der Waals surface area contributed by atoms with Crippen LogP contribution >= 0.6 is 0 Å². The van der Waals surface area contributed by atoms with Crippen molar-refractivity contribution in [2.24, 2.45) is 5.92 Å². The maximum Gasteiger partial charge on any atom is 0.234 e. The third-order valence-corrected chi connectivity index (χ3v) is 3.57. The van der Waals surface area contributed by atoms with Crippen LogP contribution in [-0.4, -0.2) is 25.0 Å². The molecule has 1 fully saturated rings. The van der Waals surface area contributed by atoms with Gasteiger partial charge in [0.2, 0.25) is 5.91 Å². The van der Waals surface area contributed by atoms with Gasteiger partial charge in [-0.2, -0.15) is 0 Å². The Morgan fingerprint density at radius 3 is 2.59 bits per heavy atom. The van der Waals surface area contributed by atoms with Gasteiger partial charge in [-0.25, -0.2) is 0 Å². The van der Waals surface area contributed by atoms with Crippen LogP contribution in [0, 0.1) is 5.92 Å². The Labute approximate surface area is 105 Å². The van der Waals surface area contributed by atoms with Gasteiger partial charge in [0, 0.05) is 12.6 Å². The third-order valence-electron chi connectivity index (χ3n) is 3.57. The number of nitrogens with one attached hydrogen (secondary N) is 2. The molecule has 1 atom stereocenters. The molecule has 0 radical (unpaired) electrons. The van der Waals surface area contributed by atoms with E-state index in [2.05, 4.69) is 24.1 Å². The van der Waals surface area contributed by atoms with E-state index in [-0.39, 0.29) is 5.91 Å². The Balaban J connectivity index is 2.23. The van der Waals surface area contributed by atoms with Crippen LogP contribution in [0.25, 0.3) is 0 Å². The summed E-state index contributed by atoms with van der Waals surface area (Å²) in [6.07, 6.45) is 9.65. The number of carbonyl (C=O) groups is 1. The van der Waals surface area contributed by atoms with E-state index in [1.54, 1.807) is 6.08 Å². The lowest BCUT2D eigenvalue weighted by Crippen LogP contribution is -2.42. The quantitative estimate of drug-likeness (QED) is 0.423. The first-order valence-corrected chi connectivity index (χ1v) is 6.85. The molecule has 0 aliphatic heterocycles. The molecule has 1 aliphatic carbocycles. The molecule has 3 heteroatoms. The minimum absolute atomic E-state index is 0.101. The molecule has 0 saturated heterocycles. The Morgan fingerprint density at radius 2 is 2.00 bits per heavy atom. The van der Waals surface area contributed by atoms with Crippen molar-refractivity contribution >= 4 is 5.91 Å². The predicted molar refractivity (Wildman–Crippen MR) is 71.9 cm³/mol. The fourth-order valence-electron chi connectivity index (χ4n) is 2.52. The molecule has 3 nitrogen and oxygen atoms in total. The summed E-state index contributed by atoms with van der Waals surface area (Å²) in [5.74, 6) is 0.768.